The molecule has 0 radical (unpaired) electrons. The second-order valence-corrected chi connectivity index (χ2v) is 8.28. The van der Waals surface area contributed by atoms with Gasteiger partial charge in [0.1, 0.15) is 5.75 Å². The fraction of sp³-hybridized carbons (Fsp3) is 0.500. The molecule has 1 heterocycles. The summed E-state index contributed by atoms with van der Waals surface area (Å²) in [7, 11) is -3.46. The molecule has 1 saturated heterocycles. The third-order valence-electron chi connectivity index (χ3n) is 3.44. The summed E-state index contributed by atoms with van der Waals surface area (Å²) in [5.41, 5.74) is 0.686. The van der Waals surface area contributed by atoms with Crippen LogP contribution >= 0.6 is 15.9 Å². The fourth-order valence-electron chi connectivity index (χ4n) is 2.41. The molecule has 2 rings (SSSR count). The Morgan fingerprint density at radius 2 is 2.24 bits per heavy atom. The second-order valence-electron chi connectivity index (χ2n) is 5.30. The SMILES string of the molecule is C[C@@H]1CNCCN1C(=O)CS(=O)(=O)Cc1cccc(Br)c1. The number of nitrogens with one attached hydrogen (secondary N) is 1. The van der Waals surface area contributed by atoms with Crippen molar-refractivity contribution in [2.24, 2.45) is 0 Å². The summed E-state index contributed by atoms with van der Waals surface area (Å²) in [6.07, 6.45) is 0. The van der Waals surface area contributed by atoms with Gasteiger partial charge in [0, 0.05) is 30.1 Å². The molecule has 1 aromatic carbocycles. The number of rotatable bonds is 4. The van der Waals surface area contributed by atoms with Crippen molar-refractivity contribution in [3.63, 3.8) is 0 Å². The van der Waals surface area contributed by atoms with E-state index in [1.165, 1.54) is 0 Å². The van der Waals surface area contributed by atoms with Gasteiger partial charge in [-0.05, 0) is 24.6 Å². The number of carbonyl (C=O) groups excluding carboxylic acids is 1. The van der Waals surface area contributed by atoms with Crippen LogP contribution in [-0.4, -0.2) is 50.7 Å². The van der Waals surface area contributed by atoms with Crippen molar-refractivity contribution in [3.05, 3.63) is 34.3 Å². The van der Waals surface area contributed by atoms with Crippen LogP contribution in [0.25, 0.3) is 0 Å². The molecule has 116 valence electrons. The fourth-order valence-corrected chi connectivity index (χ4v) is 4.19. The highest BCUT2D eigenvalue weighted by Crippen LogP contribution is 2.15. The summed E-state index contributed by atoms with van der Waals surface area (Å²) in [5, 5.41) is 3.18. The molecule has 1 fully saturated rings. The predicted octanol–water partition coefficient (Wildman–Crippen LogP) is 1.18. The maximum atomic E-state index is 12.2. The second kappa shape index (κ2) is 6.89. The van der Waals surface area contributed by atoms with Crippen molar-refractivity contribution < 1.29 is 13.2 Å². The number of benzene rings is 1. The Hall–Kier alpha value is -0.920. The lowest BCUT2D eigenvalue weighted by atomic mass is 10.2. The maximum Gasteiger partial charge on any atom is 0.238 e. The summed E-state index contributed by atoms with van der Waals surface area (Å²) >= 11 is 3.31. The summed E-state index contributed by atoms with van der Waals surface area (Å²) in [6.45, 7) is 3.90. The number of halogens is 1. The van der Waals surface area contributed by atoms with Gasteiger partial charge in [-0.3, -0.25) is 4.79 Å². The Morgan fingerprint density at radius 3 is 2.90 bits per heavy atom. The minimum absolute atomic E-state index is 0.0346. The highest BCUT2D eigenvalue weighted by Gasteiger charge is 2.27. The molecule has 1 atom stereocenters. The summed E-state index contributed by atoms with van der Waals surface area (Å²) in [6, 6.07) is 7.17. The minimum atomic E-state index is -3.46. The Bertz CT molecular complexity index is 618. The third-order valence-corrected chi connectivity index (χ3v) is 5.39. The molecule has 5 nitrogen and oxygen atoms in total. The van der Waals surface area contributed by atoms with Crippen LogP contribution < -0.4 is 5.32 Å². The van der Waals surface area contributed by atoms with Gasteiger partial charge in [0.25, 0.3) is 0 Å². The van der Waals surface area contributed by atoms with Crippen molar-refractivity contribution in [2.45, 2.75) is 18.7 Å². The molecule has 1 aliphatic heterocycles. The van der Waals surface area contributed by atoms with E-state index >= 15 is 0 Å². The standard InChI is InChI=1S/C14H19BrN2O3S/c1-11-8-16-5-6-17(11)14(18)10-21(19,20)9-12-3-2-4-13(15)7-12/h2-4,7,11,16H,5-6,8-10H2,1H3/t11-/m1/s1. The first-order valence-corrected chi connectivity index (χ1v) is 9.44. The molecule has 1 N–H and O–H groups in total. The average molecular weight is 375 g/mol. The van der Waals surface area contributed by atoms with Crippen LogP contribution in [0.3, 0.4) is 0 Å². The molecule has 1 amide bonds. The van der Waals surface area contributed by atoms with Gasteiger partial charge >= 0.3 is 0 Å². The largest absolute Gasteiger partial charge is 0.337 e. The normalized spacial score (nSPS) is 19.5. The van der Waals surface area contributed by atoms with Crippen molar-refractivity contribution in [2.75, 3.05) is 25.4 Å². The van der Waals surface area contributed by atoms with E-state index in [1.54, 1.807) is 23.1 Å². The van der Waals surface area contributed by atoms with E-state index in [2.05, 4.69) is 21.2 Å². The summed E-state index contributed by atoms with van der Waals surface area (Å²) in [4.78, 5) is 13.8. The zero-order valence-electron chi connectivity index (χ0n) is 11.9. The van der Waals surface area contributed by atoms with E-state index in [0.29, 0.717) is 25.2 Å². The average Bonchev–Trinajstić information content (AvgIpc) is 2.37. The first kappa shape index (κ1) is 16.5. The molecular formula is C14H19BrN2O3S. The third kappa shape index (κ3) is 4.79. The van der Waals surface area contributed by atoms with Crippen molar-refractivity contribution in [1.82, 2.24) is 10.2 Å². The van der Waals surface area contributed by atoms with Crippen LogP contribution in [-0.2, 0) is 20.4 Å². The lowest BCUT2D eigenvalue weighted by molar-refractivity contribution is -0.131. The number of amides is 1. The van der Waals surface area contributed by atoms with Crippen molar-refractivity contribution in [1.29, 1.82) is 0 Å². The molecule has 0 aromatic heterocycles. The van der Waals surface area contributed by atoms with E-state index in [4.69, 9.17) is 0 Å². The molecule has 0 spiro atoms. The van der Waals surface area contributed by atoms with Crippen LogP contribution in [0.2, 0.25) is 0 Å². The van der Waals surface area contributed by atoms with E-state index < -0.39 is 15.6 Å². The number of nitrogens with zero attached hydrogens (tertiary/aromatic N) is 1. The van der Waals surface area contributed by atoms with Crippen LogP contribution in [0.5, 0.6) is 0 Å². The van der Waals surface area contributed by atoms with Gasteiger partial charge in [-0.25, -0.2) is 8.42 Å². The minimum Gasteiger partial charge on any atom is -0.337 e. The Morgan fingerprint density at radius 1 is 1.48 bits per heavy atom. The topological polar surface area (TPSA) is 66.5 Å². The quantitative estimate of drug-likeness (QED) is 0.859. The van der Waals surface area contributed by atoms with E-state index in [1.807, 2.05) is 13.0 Å². The molecule has 21 heavy (non-hydrogen) atoms. The monoisotopic (exact) mass is 374 g/mol. The lowest BCUT2D eigenvalue weighted by Crippen LogP contribution is -2.53. The molecule has 0 aliphatic carbocycles. The molecule has 1 aromatic rings. The molecule has 0 bridgehead atoms. The van der Waals surface area contributed by atoms with Gasteiger partial charge in [0.05, 0.1) is 5.75 Å². The number of piperazine rings is 1. The summed E-state index contributed by atoms with van der Waals surface area (Å²) < 4.78 is 25.2. The van der Waals surface area contributed by atoms with Gasteiger partial charge < -0.3 is 10.2 Å². The van der Waals surface area contributed by atoms with E-state index in [9.17, 15) is 13.2 Å². The maximum absolute atomic E-state index is 12.2. The number of sulfone groups is 1. The zero-order valence-corrected chi connectivity index (χ0v) is 14.3. The Labute approximate surface area is 133 Å². The van der Waals surface area contributed by atoms with Gasteiger partial charge in [-0.1, -0.05) is 28.1 Å². The lowest BCUT2D eigenvalue weighted by Gasteiger charge is -2.33. The Balaban J connectivity index is 2.01. The van der Waals surface area contributed by atoms with Crippen LogP contribution in [0, 0.1) is 0 Å². The van der Waals surface area contributed by atoms with Crippen LogP contribution in [0.4, 0.5) is 0 Å². The van der Waals surface area contributed by atoms with Gasteiger partial charge in [-0.15, -0.1) is 0 Å². The van der Waals surface area contributed by atoms with E-state index in [-0.39, 0.29) is 17.7 Å². The van der Waals surface area contributed by atoms with Crippen molar-refractivity contribution in [3.8, 4) is 0 Å². The molecule has 0 unspecified atom stereocenters. The highest BCUT2D eigenvalue weighted by molar-refractivity contribution is 9.10. The molecule has 1 aliphatic rings. The van der Waals surface area contributed by atoms with Crippen LogP contribution in [0.1, 0.15) is 12.5 Å². The highest BCUT2D eigenvalue weighted by atomic mass is 79.9. The smallest absolute Gasteiger partial charge is 0.238 e. The van der Waals surface area contributed by atoms with Gasteiger partial charge in [0.2, 0.25) is 5.91 Å². The number of hydrogen-bond donors (Lipinski definition) is 1. The van der Waals surface area contributed by atoms with E-state index in [0.717, 1.165) is 4.47 Å². The zero-order chi connectivity index (χ0) is 15.5. The number of carbonyl (C=O) groups is 1. The summed E-state index contributed by atoms with van der Waals surface area (Å²) in [5.74, 6) is -0.846. The van der Waals surface area contributed by atoms with Crippen LogP contribution in [0.15, 0.2) is 28.7 Å². The molecule has 0 saturated carbocycles. The first-order chi connectivity index (χ1) is 9.87. The van der Waals surface area contributed by atoms with Gasteiger partial charge in [0.15, 0.2) is 9.84 Å². The molecular weight excluding hydrogens is 356 g/mol. The van der Waals surface area contributed by atoms with Crippen molar-refractivity contribution >= 4 is 31.7 Å². The number of hydrogen-bond acceptors (Lipinski definition) is 4. The molecule has 7 heteroatoms. The first-order valence-electron chi connectivity index (χ1n) is 6.82. The predicted molar refractivity (Wildman–Crippen MR) is 85.7 cm³/mol. The van der Waals surface area contributed by atoms with Gasteiger partial charge in [-0.2, -0.15) is 0 Å². The Kier molecular flexibility index (Phi) is 5.40.